The number of fused-ring (bicyclic) bond motifs is 14. The SMILES string of the molecule is C=C/C=C\C(=N)n1c2ccccc2c2cc3c(cc21)C1(c2ccccc2O3)c2ccccc2-n2c3ccccc3c3cccc1c32. The van der Waals surface area contributed by atoms with Crippen LogP contribution in [0.3, 0.4) is 0 Å². The molecule has 1 spiro atoms. The van der Waals surface area contributed by atoms with E-state index in [2.05, 4.69) is 132 Å². The fraction of sp³-hybridized carbons (Fsp3) is 0.0238. The van der Waals surface area contributed by atoms with Crippen LogP contribution in [0.25, 0.3) is 49.3 Å². The van der Waals surface area contributed by atoms with E-state index < -0.39 is 5.41 Å². The second-order valence-corrected chi connectivity index (χ2v) is 12.1. The third kappa shape index (κ3) is 2.96. The van der Waals surface area contributed by atoms with Gasteiger partial charge in [-0.1, -0.05) is 110 Å². The van der Waals surface area contributed by atoms with E-state index >= 15 is 0 Å². The first-order valence-corrected chi connectivity index (χ1v) is 15.6. The molecule has 2 aromatic heterocycles. The maximum atomic E-state index is 9.17. The van der Waals surface area contributed by atoms with Gasteiger partial charge in [0.1, 0.15) is 17.3 Å². The number of ether oxygens (including phenoxy) is 1. The van der Waals surface area contributed by atoms with Gasteiger partial charge in [-0.25, -0.2) is 0 Å². The molecule has 0 amide bonds. The third-order valence-corrected chi connectivity index (χ3v) is 9.97. The van der Waals surface area contributed by atoms with E-state index in [1.807, 2.05) is 16.7 Å². The van der Waals surface area contributed by atoms with Crippen LogP contribution in [0.5, 0.6) is 11.5 Å². The van der Waals surface area contributed by atoms with Gasteiger partial charge in [-0.3, -0.25) is 9.98 Å². The van der Waals surface area contributed by atoms with Gasteiger partial charge in [0.25, 0.3) is 0 Å². The first-order valence-electron chi connectivity index (χ1n) is 15.6. The standard InChI is InChI=1S/C42H27N3O/c1-2-3-23-40(43)44-34-19-8-5-14-27(34)29-24-39-33(25-37(29)44)42(31-17-7-11-22-38(31)46-39)30-16-6-10-21-36(30)45-35-20-9-4-13-26(35)28-15-12-18-32(42)41(28)45/h2-25,43H,1H2/b23-3-,43-40?. The van der Waals surface area contributed by atoms with E-state index in [1.54, 1.807) is 12.2 Å². The number of benzene rings is 6. The van der Waals surface area contributed by atoms with Crippen LogP contribution in [0.4, 0.5) is 0 Å². The van der Waals surface area contributed by atoms with Crippen LogP contribution in [-0.2, 0) is 5.41 Å². The number of hydrogen-bond donors (Lipinski definition) is 1. The van der Waals surface area contributed by atoms with Gasteiger partial charge in [-0.2, -0.15) is 0 Å². The second-order valence-electron chi connectivity index (χ2n) is 12.1. The molecule has 0 aliphatic carbocycles. The molecule has 4 heteroatoms. The fourth-order valence-electron chi connectivity index (χ4n) is 8.28. The maximum absolute atomic E-state index is 9.17. The van der Waals surface area contributed by atoms with E-state index in [4.69, 9.17) is 10.1 Å². The molecule has 4 nitrogen and oxygen atoms in total. The van der Waals surface area contributed by atoms with Crippen molar-refractivity contribution in [2.24, 2.45) is 0 Å². The number of nitrogens with one attached hydrogen (secondary N) is 1. The number of aromatic nitrogens is 2. The second kappa shape index (κ2) is 8.96. The number of allylic oxidation sites excluding steroid dienone is 3. The Hall–Kier alpha value is -6.13. The molecule has 1 unspecified atom stereocenters. The van der Waals surface area contributed by atoms with Crippen molar-refractivity contribution in [3.63, 3.8) is 0 Å². The zero-order valence-electron chi connectivity index (χ0n) is 24.9. The van der Waals surface area contributed by atoms with Gasteiger partial charge in [-0.05, 0) is 53.6 Å². The molecule has 0 radical (unpaired) electrons. The minimum atomic E-state index is -0.667. The van der Waals surface area contributed by atoms with Gasteiger partial charge in [0.2, 0.25) is 0 Å². The lowest BCUT2D eigenvalue weighted by Crippen LogP contribution is -2.37. The van der Waals surface area contributed by atoms with Gasteiger partial charge in [-0.15, -0.1) is 0 Å². The largest absolute Gasteiger partial charge is 0.457 e. The molecule has 10 rings (SSSR count). The Kier molecular flexibility index (Phi) is 4.91. The highest BCUT2D eigenvalue weighted by atomic mass is 16.5. The first kappa shape index (κ1) is 25.2. The highest BCUT2D eigenvalue weighted by Gasteiger charge is 2.50. The molecule has 2 aliphatic rings. The summed E-state index contributed by atoms with van der Waals surface area (Å²) < 4.78 is 11.4. The highest BCUT2D eigenvalue weighted by Crippen LogP contribution is 2.61. The average Bonchev–Trinajstić information content (AvgIpc) is 3.61. The van der Waals surface area contributed by atoms with E-state index in [-0.39, 0.29) is 0 Å². The van der Waals surface area contributed by atoms with Gasteiger partial charge < -0.3 is 9.30 Å². The molecule has 1 atom stereocenters. The van der Waals surface area contributed by atoms with Crippen LogP contribution in [-0.4, -0.2) is 15.0 Å². The van der Waals surface area contributed by atoms with Crippen LogP contribution in [0.2, 0.25) is 0 Å². The summed E-state index contributed by atoms with van der Waals surface area (Å²) in [6.45, 7) is 3.84. The monoisotopic (exact) mass is 589 g/mol. The van der Waals surface area contributed by atoms with Crippen molar-refractivity contribution in [2.75, 3.05) is 0 Å². The Morgan fingerprint density at radius 1 is 0.609 bits per heavy atom. The van der Waals surface area contributed by atoms with Crippen molar-refractivity contribution in [2.45, 2.75) is 5.41 Å². The first-order chi connectivity index (χ1) is 22.7. The van der Waals surface area contributed by atoms with Crippen molar-refractivity contribution in [1.29, 1.82) is 5.41 Å². The zero-order valence-corrected chi connectivity index (χ0v) is 24.9. The summed E-state index contributed by atoms with van der Waals surface area (Å²) in [4.78, 5) is 0. The fourth-order valence-corrected chi connectivity index (χ4v) is 8.28. The molecule has 6 aromatic carbocycles. The molecule has 8 aromatic rings. The van der Waals surface area contributed by atoms with E-state index in [9.17, 15) is 0 Å². The van der Waals surface area contributed by atoms with Crippen molar-refractivity contribution in [3.05, 3.63) is 174 Å². The lowest BCUT2D eigenvalue weighted by Gasteiger charge is -2.45. The van der Waals surface area contributed by atoms with Crippen molar-refractivity contribution < 1.29 is 4.74 Å². The molecule has 0 fully saturated rings. The Bertz CT molecular complexity index is 2670. The molecule has 0 bridgehead atoms. The van der Waals surface area contributed by atoms with Gasteiger partial charge in [0.05, 0.1) is 33.2 Å². The molecular weight excluding hydrogens is 562 g/mol. The summed E-state index contributed by atoms with van der Waals surface area (Å²) in [6, 6.07) is 45.6. The molecule has 2 aliphatic heterocycles. The van der Waals surface area contributed by atoms with Crippen LogP contribution in [0.15, 0.2) is 152 Å². The molecular formula is C42H27N3O. The van der Waals surface area contributed by atoms with Crippen molar-refractivity contribution in [3.8, 4) is 17.2 Å². The van der Waals surface area contributed by atoms with Crippen molar-refractivity contribution in [1.82, 2.24) is 9.13 Å². The molecule has 0 saturated heterocycles. The molecule has 216 valence electrons. The third-order valence-electron chi connectivity index (χ3n) is 9.97. The average molecular weight is 590 g/mol. The molecule has 4 heterocycles. The molecule has 0 saturated carbocycles. The van der Waals surface area contributed by atoms with Gasteiger partial charge in [0, 0.05) is 32.7 Å². The van der Waals surface area contributed by atoms with E-state index in [0.717, 1.165) is 50.1 Å². The lowest BCUT2D eigenvalue weighted by molar-refractivity contribution is 0.435. The predicted molar refractivity (Wildman–Crippen MR) is 188 cm³/mol. The lowest BCUT2D eigenvalue weighted by atomic mass is 9.61. The summed E-state index contributed by atoms with van der Waals surface area (Å²) in [6.07, 6.45) is 5.33. The van der Waals surface area contributed by atoms with Gasteiger partial charge in [0.15, 0.2) is 0 Å². The normalized spacial score (nSPS) is 16.2. The summed E-state index contributed by atoms with van der Waals surface area (Å²) in [5, 5.41) is 13.8. The van der Waals surface area contributed by atoms with E-state index in [1.165, 1.54) is 32.9 Å². The summed E-state index contributed by atoms with van der Waals surface area (Å²) in [7, 11) is 0. The topological polar surface area (TPSA) is 42.9 Å². The van der Waals surface area contributed by atoms with Crippen LogP contribution >= 0.6 is 0 Å². The Labute approximate surface area is 265 Å². The Balaban J connectivity index is 1.43. The number of hydrogen-bond acceptors (Lipinski definition) is 2. The summed E-state index contributed by atoms with van der Waals surface area (Å²) >= 11 is 0. The highest BCUT2D eigenvalue weighted by molar-refractivity contribution is 6.17. The summed E-state index contributed by atoms with van der Waals surface area (Å²) in [5.74, 6) is 2.07. The number of rotatable bonds is 2. The van der Waals surface area contributed by atoms with E-state index in [0.29, 0.717) is 5.84 Å². The quantitative estimate of drug-likeness (QED) is 0.122. The smallest absolute Gasteiger partial charge is 0.133 e. The number of para-hydroxylation sites is 5. The Morgan fingerprint density at radius 2 is 1.28 bits per heavy atom. The zero-order chi connectivity index (χ0) is 30.6. The molecule has 46 heavy (non-hydrogen) atoms. The van der Waals surface area contributed by atoms with Crippen LogP contribution in [0.1, 0.15) is 22.3 Å². The minimum Gasteiger partial charge on any atom is -0.457 e. The van der Waals surface area contributed by atoms with Crippen molar-refractivity contribution >= 4 is 49.4 Å². The van der Waals surface area contributed by atoms with Gasteiger partial charge >= 0.3 is 0 Å². The molecule has 1 N–H and O–H groups in total. The van der Waals surface area contributed by atoms with Crippen LogP contribution < -0.4 is 4.74 Å². The predicted octanol–water partition coefficient (Wildman–Crippen LogP) is 10.3. The number of nitrogens with zero attached hydrogens (tertiary/aromatic N) is 2. The summed E-state index contributed by atoms with van der Waals surface area (Å²) in [5.41, 5.74) is 9.47. The minimum absolute atomic E-state index is 0.378. The maximum Gasteiger partial charge on any atom is 0.133 e. The Morgan fingerprint density at radius 3 is 2.13 bits per heavy atom. The van der Waals surface area contributed by atoms with Crippen LogP contribution in [0, 0.1) is 5.41 Å².